The summed E-state index contributed by atoms with van der Waals surface area (Å²) < 4.78 is 12.6. The van der Waals surface area contributed by atoms with Crippen molar-refractivity contribution in [3.63, 3.8) is 0 Å². The van der Waals surface area contributed by atoms with Crippen LogP contribution in [0.15, 0.2) is 42.5 Å². The normalized spacial score (nSPS) is 11.3. The van der Waals surface area contributed by atoms with E-state index in [9.17, 15) is 9.18 Å². The first kappa shape index (κ1) is 27.7. The Balaban J connectivity index is 0.000000439. The van der Waals surface area contributed by atoms with E-state index in [2.05, 4.69) is 47.0 Å². The van der Waals surface area contributed by atoms with Gasteiger partial charge in [-0.3, -0.25) is 9.59 Å². The molecule has 0 radical (unpaired) electrons. The van der Waals surface area contributed by atoms with E-state index in [-0.39, 0.29) is 62.7 Å². The quantitative estimate of drug-likeness (QED) is 0.0963. The topological polar surface area (TPSA) is 108 Å². The molecule has 9 heteroatoms. The summed E-state index contributed by atoms with van der Waals surface area (Å²) in [6.45, 7) is 0.873. The van der Waals surface area contributed by atoms with Crippen LogP contribution in [0.1, 0.15) is 11.1 Å². The van der Waals surface area contributed by atoms with Gasteiger partial charge in [-0.25, -0.2) is 4.39 Å². The van der Waals surface area contributed by atoms with Crippen LogP contribution in [0, 0.1) is 17.1 Å². The Morgan fingerprint density at radius 2 is 1.86 bits per heavy atom. The number of carbonyl (C=O) groups is 2. The Morgan fingerprint density at radius 3 is 2.28 bits per heavy atom. The van der Waals surface area contributed by atoms with Crippen LogP contribution in [-0.2, 0) is 22.4 Å². The van der Waals surface area contributed by atoms with Gasteiger partial charge in [0.05, 0.1) is 5.02 Å². The summed E-state index contributed by atoms with van der Waals surface area (Å²) in [5.41, 5.74) is 7.95. The van der Waals surface area contributed by atoms with Crippen LogP contribution in [0.2, 0.25) is 5.02 Å². The molecule has 1 aliphatic rings. The number of anilines is 1. The van der Waals surface area contributed by atoms with Crippen molar-refractivity contribution >= 4 is 35.8 Å². The number of rotatable bonds is 5. The van der Waals surface area contributed by atoms with Crippen molar-refractivity contribution in [1.29, 1.82) is 5.41 Å². The SMILES string of the molecule is CNc1ccc(Cl)c(F)c1.N=[C-]NCC1Cc2ccccc2C1.NC(=O)C=O.[K+]. The Morgan fingerprint density at radius 1 is 1.31 bits per heavy atom. The molecule has 1 amide bonds. The minimum Gasteiger partial charge on any atom is -0.550 e. The van der Waals surface area contributed by atoms with Gasteiger partial charge in [0.25, 0.3) is 5.91 Å². The predicted octanol–water partition coefficient (Wildman–Crippen LogP) is -0.330. The van der Waals surface area contributed by atoms with Gasteiger partial charge in [-0.05, 0) is 54.6 Å². The number of benzene rings is 2. The van der Waals surface area contributed by atoms with E-state index in [1.807, 2.05) is 0 Å². The first-order valence-electron chi connectivity index (χ1n) is 8.50. The van der Waals surface area contributed by atoms with Gasteiger partial charge in [0.2, 0.25) is 6.29 Å². The summed E-state index contributed by atoms with van der Waals surface area (Å²) in [7, 11) is 1.72. The van der Waals surface area contributed by atoms with E-state index in [1.54, 1.807) is 13.1 Å². The van der Waals surface area contributed by atoms with Gasteiger partial charge in [0.1, 0.15) is 5.82 Å². The summed E-state index contributed by atoms with van der Waals surface area (Å²) >= 11 is 5.43. The Hall–Kier alpha value is -1.29. The molecule has 29 heavy (non-hydrogen) atoms. The monoisotopic (exact) mass is 444 g/mol. The van der Waals surface area contributed by atoms with Crippen LogP contribution < -0.4 is 67.8 Å². The molecule has 0 spiro atoms. The summed E-state index contributed by atoms with van der Waals surface area (Å²) in [5, 5.41) is 12.6. The van der Waals surface area contributed by atoms with E-state index in [1.165, 1.54) is 23.3 Å². The second-order valence-electron chi connectivity index (χ2n) is 5.95. The van der Waals surface area contributed by atoms with E-state index in [4.69, 9.17) is 21.8 Å². The number of fused-ring (bicyclic) bond motifs is 1. The van der Waals surface area contributed by atoms with Gasteiger partial charge >= 0.3 is 51.4 Å². The number of hydrogen-bond donors (Lipinski definition) is 4. The maximum Gasteiger partial charge on any atom is 1.00 e. The molecular weight excluding hydrogens is 422 g/mol. The van der Waals surface area contributed by atoms with Gasteiger partial charge in [0, 0.05) is 12.7 Å². The molecule has 2 aromatic carbocycles. The van der Waals surface area contributed by atoms with Crippen molar-refractivity contribution in [3.8, 4) is 0 Å². The minimum absolute atomic E-state index is 0. The molecule has 0 saturated carbocycles. The molecule has 6 nitrogen and oxygen atoms in total. The molecule has 0 aromatic heterocycles. The van der Waals surface area contributed by atoms with E-state index < -0.39 is 11.7 Å². The summed E-state index contributed by atoms with van der Waals surface area (Å²) in [6, 6.07) is 13.2. The summed E-state index contributed by atoms with van der Waals surface area (Å²) in [6.07, 6.45) is 4.56. The van der Waals surface area contributed by atoms with Crippen molar-refractivity contribution in [2.45, 2.75) is 12.8 Å². The second kappa shape index (κ2) is 15.5. The molecule has 0 atom stereocenters. The van der Waals surface area contributed by atoms with Crippen molar-refractivity contribution in [2.24, 2.45) is 11.7 Å². The first-order chi connectivity index (χ1) is 13.4. The van der Waals surface area contributed by atoms with Gasteiger partial charge in [-0.1, -0.05) is 35.9 Å². The van der Waals surface area contributed by atoms with Crippen molar-refractivity contribution in [3.05, 3.63) is 64.4 Å². The number of aldehydes is 1. The number of hydrogen-bond acceptors (Lipinski definition) is 4. The third kappa shape index (κ3) is 10.9. The fraction of sp³-hybridized carbons (Fsp3) is 0.250. The van der Waals surface area contributed by atoms with Gasteiger partial charge in [0.15, 0.2) is 0 Å². The Kier molecular flexibility index (Phi) is 14.8. The molecular formula is C20H23ClFKN4O2. The summed E-state index contributed by atoms with van der Waals surface area (Å²) in [5.74, 6) is -0.672. The first-order valence-corrected chi connectivity index (χ1v) is 8.87. The molecule has 0 aliphatic heterocycles. The third-order valence-corrected chi connectivity index (χ3v) is 4.25. The van der Waals surface area contributed by atoms with Gasteiger partial charge < -0.3 is 28.1 Å². The molecule has 1 aliphatic carbocycles. The Bertz CT molecular complexity index is 783. The average molecular weight is 445 g/mol. The molecule has 150 valence electrons. The Labute approximate surface area is 217 Å². The van der Waals surface area contributed by atoms with Crippen LogP contribution in [0.4, 0.5) is 10.1 Å². The van der Waals surface area contributed by atoms with E-state index >= 15 is 0 Å². The van der Waals surface area contributed by atoms with E-state index in [0.29, 0.717) is 5.92 Å². The second-order valence-corrected chi connectivity index (χ2v) is 6.36. The van der Waals surface area contributed by atoms with Crippen LogP contribution in [0.5, 0.6) is 0 Å². The zero-order valence-corrected chi connectivity index (χ0v) is 20.3. The average Bonchev–Trinajstić information content (AvgIpc) is 3.12. The molecule has 0 bridgehead atoms. The fourth-order valence-electron chi connectivity index (χ4n) is 2.64. The molecule has 5 N–H and O–H groups in total. The van der Waals surface area contributed by atoms with Gasteiger partial charge in [-0.2, -0.15) is 0 Å². The van der Waals surface area contributed by atoms with Crippen LogP contribution >= 0.6 is 11.6 Å². The van der Waals surface area contributed by atoms with Crippen molar-refractivity contribution < 1.29 is 65.4 Å². The zero-order valence-electron chi connectivity index (χ0n) is 16.5. The predicted molar refractivity (Wildman–Crippen MR) is 109 cm³/mol. The maximum absolute atomic E-state index is 12.6. The van der Waals surface area contributed by atoms with E-state index in [0.717, 1.165) is 25.1 Å². The number of nitrogens with two attached hydrogens (primary N) is 1. The third-order valence-electron chi connectivity index (χ3n) is 3.94. The molecule has 0 unspecified atom stereocenters. The maximum atomic E-state index is 12.6. The van der Waals surface area contributed by atoms with Crippen molar-refractivity contribution in [1.82, 2.24) is 5.32 Å². The molecule has 0 heterocycles. The van der Waals surface area contributed by atoms with Crippen molar-refractivity contribution in [2.75, 3.05) is 18.9 Å². The summed E-state index contributed by atoms with van der Waals surface area (Å²) in [4.78, 5) is 18.3. The van der Waals surface area contributed by atoms with Crippen LogP contribution in [-0.4, -0.2) is 32.1 Å². The fourth-order valence-corrected chi connectivity index (χ4v) is 2.76. The number of nitrogens with one attached hydrogen (secondary N) is 3. The van der Waals surface area contributed by atoms with Crippen LogP contribution in [0.3, 0.4) is 0 Å². The van der Waals surface area contributed by atoms with Crippen LogP contribution in [0.25, 0.3) is 0 Å². The smallest absolute Gasteiger partial charge is 0.550 e. The standard InChI is InChI=1S/C11H13N2.C7H7ClFN.C2H3NO2.K/c12-8-13-7-9-5-10-3-1-2-4-11(10)6-9;1-10-5-2-3-6(8)7(9)4-5;3-2(5)1-4;/h1-4,9H,5-7H2,(H2,12,13);2-4,10H,1H3;1H,(H2,3,5);/q-1;;;+1. The largest absolute Gasteiger partial charge is 1.00 e. The molecule has 3 rings (SSSR count). The zero-order chi connectivity index (χ0) is 20.9. The molecule has 0 saturated heterocycles. The number of primary amides is 1. The molecule has 2 aromatic rings. The number of halogens is 2. The van der Waals surface area contributed by atoms with Gasteiger partial charge in [-0.15, -0.1) is 0 Å². The number of carbonyl (C=O) groups excluding carboxylic acids is 2. The minimum atomic E-state index is -0.926. The number of amides is 1. The molecule has 0 fully saturated rings.